The van der Waals surface area contributed by atoms with Crippen LogP contribution >= 0.6 is 0 Å². The highest BCUT2D eigenvalue weighted by Crippen LogP contribution is 2.09. The molecule has 2 amide bonds. The van der Waals surface area contributed by atoms with Crippen molar-refractivity contribution in [3.8, 4) is 0 Å². The van der Waals surface area contributed by atoms with Gasteiger partial charge in [-0.05, 0) is 23.9 Å². The number of aliphatic carboxylic acids is 1. The summed E-state index contributed by atoms with van der Waals surface area (Å²) in [5.41, 5.74) is 1.27. The molecule has 0 atom stereocenters. The van der Waals surface area contributed by atoms with Crippen molar-refractivity contribution in [3.63, 3.8) is 0 Å². The largest absolute Gasteiger partial charge is 0.481 e. The first-order valence-electron chi connectivity index (χ1n) is 4.61. The van der Waals surface area contributed by atoms with Crippen LogP contribution in [0.15, 0.2) is 37.0 Å². The molecular formula is C11H12N2O3. The van der Waals surface area contributed by atoms with E-state index in [2.05, 4.69) is 17.2 Å². The van der Waals surface area contributed by atoms with Gasteiger partial charge in [0.05, 0.1) is 6.42 Å². The topological polar surface area (TPSA) is 78.4 Å². The fraction of sp³-hybridized carbons (Fsp3) is 0.0909. The Balaban J connectivity index is 2.60. The summed E-state index contributed by atoms with van der Waals surface area (Å²) in [5, 5.41) is 13.5. The van der Waals surface area contributed by atoms with Gasteiger partial charge in [-0.15, -0.1) is 0 Å². The van der Waals surface area contributed by atoms with Crippen molar-refractivity contribution in [3.05, 3.63) is 42.6 Å². The van der Waals surface area contributed by atoms with Gasteiger partial charge in [0.15, 0.2) is 0 Å². The number of carboxylic acids is 1. The maximum atomic E-state index is 11.1. The first-order chi connectivity index (χ1) is 7.61. The Bertz CT molecular complexity index is 398. The maximum absolute atomic E-state index is 11.1. The summed E-state index contributed by atoms with van der Waals surface area (Å²) < 4.78 is 0. The first-order valence-corrected chi connectivity index (χ1v) is 4.61. The number of hydrogen-bond acceptors (Lipinski definition) is 2. The van der Waals surface area contributed by atoms with E-state index in [4.69, 9.17) is 5.11 Å². The van der Waals surface area contributed by atoms with Crippen LogP contribution in [-0.2, 0) is 11.2 Å². The van der Waals surface area contributed by atoms with Crippen LogP contribution in [0.5, 0.6) is 0 Å². The predicted molar refractivity (Wildman–Crippen MR) is 60.1 cm³/mol. The highest BCUT2D eigenvalue weighted by molar-refractivity contribution is 5.89. The molecule has 0 fully saturated rings. The molecule has 0 aliphatic heterocycles. The number of urea groups is 1. The van der Waals surface area contributed by atoms with Gasteiger partial charge in [0.1, 0.15) is 0 Å². The van der Waals surface area contributed by atoms with Crippen LogP contribution in [0.3, 0.4) is 0 Å². The monoisotopic (exact) mass is 220 g/mol. The molecule has 16 heavy (non-hydrogen) atoms. The van der Waals surface area contributed by atoms with Crippen LogP contribution in [0, 0.1) is 0 Å². The zero-order chi connectivity index (χ0) is 12.0. The molecular weight excluding hydrogens is 208 g/mol. The van der Waals surface area contributed by atoms with E-state index < -0.39 is 5.97 Å². The second-order valence-electron chi connectivity index (χ2n) is 3.07. The number of hydrogen-bond donors (Lipinski definition) is 3. The van der Waals surface area contributed by atoms with Gasteiger partial charge in [0.25, 0.3) is 0 Å². The van der Waals surface area contributed by atoms with Crippen LogP contribution in [0.2, 0.25) is 0 Å². The Morgan fingerprint density at radius 2 is 1.94 bits per heavy atom. The summed E-state index contributed by atoms with van der Waals surface area (Å²) in [6.07, 6.45) is 1.24. The number of nitrogens with one attached hydrogen (secondary N) is 2. The molecule has 0 saturated heterocycles. The van der Waals surface area contributed by atoms with Gasteiger partial charge < -0.3 is 15.7 Å². The smallest absolute Gasteiger partial charge is 0.323 e. The normalized spacial score (nSPS) is 9.25. The number of benzene rings is 1. The summed E-state index contributed by atoms with van der Waals surface area (Å²) in [7, 11) is 0. The van der Waals surface area contributed by atoms with E-state index in [1.807, 2.05) is 0 Å². The fourth-order valence-electron chi connectivity index (χ4n) is 1.14. The minimum atomic E-state index is -0.884. The van der Waals surface area contributed by atoms with Crippen LogP contribution in [0.25, 0.3) is 0 Å². The average Bonchev–Trinajstić information content (AvgIpc) is 2.20. The van der Waals surface area contributed by atoms with Gasteiger partial charge in [0, 0.05) is 5.69 Å². The Hall–Kier alpha value is -2.30. The Morgan fingerprint density at radius 1 is 1.31 bits per heavy atom. The summed E-state index contributed by atoms with van der Waals surface area (Å²) in [5.74, 6) is -0.884. The van der Waals surface area contributed by atoms with Gasteiger partial charge in [-0.2, -0.15) is 0 Å². The molecule has 1 aromatic carbocycles. The van der Waals surface area contributed by atoms with Crippen LogP contribution in [0.4, 0.5) is 10.5 Å². The third-order valence-corrected chi connectivity index (χ3v) is 1.80. The van der Waals surface area contributed by atoms with Crippen molar-refractivity contribution in [1.82, 2.24) is 5.32 Å². The van der Waals surface area contributed by atoms with Crippen molar-refractivity contribution in [2.75, 3.05) is 5.32 Å². The number of carbonyl (C=O) groups is 2. The standard InChI is InChI=1S/C11H12N2O3/c1-2-12-11(16)13-9-5-3-8(4-6-9)7-10(14)15/h2-6H,1,7H2,(H,14,15)(H2,12,13,16). The van der Waals surface area contributed by atoms with E-state index >= 15 is 0 Å². The maximum Gasteiger partial charge on any atom is 0.323 e. The lowest BCUT2D eigenvalue weighted by molar-refractivity contribution is -0.136. The average molecular weight is 220 g/mol. The molecule has 0 aliphatic rings. The minimum Gasteiger partial charge on any atom is -0.481 e. The second-order valence-corrected chi connectivity index (χ2v) is 3.07. The molecule has 1 aromatic rings. The summed E-state index contributed by atoms with van der Waals surface area (Å²) >= 11 is 0. The van der Waals surface area contributed by atoms with Crippen molar-refractivity contribution >= 4 is 17.7 Å². The molecule has 5 heteroatoms. The number of anilines is 1. The van der Waals surface area contributed by atoms with E-state index in [0.717, 1.165) is 0 Å². The highest BCUT2D eigenvalue weighted by atomic mass is 16.4. The fourth-order valence-corrected chi connectivity index (χ4v) is 1.14. The minimum absolute atomic E-state index is 0.0286. The summed E-state index contributed by atoms with van der Waals surface area (Å²) in [4.78, 5) is 21.5. The van der Waals surface area contributed by atoms with Crippen molar-refractivity contribution < 1.29 is 14.7 Å². The van der Waals surface area contributed by atoms with Gasteiger partial charge in [-0.1, -0.05) is 18.7 Å². The van der Waals surface area contributed by atoms with Gasteiger partial charge >= 0.3 is 12.0 Å². The van der Waals surface area contributed by atoms with E-state index in [0.29, 0.717) is 11.3 Å². The number of carbonyl (C=O) groups excluding carboxylic acids is 1. The van der Waals surface area contributed by atoms with Gasteiger partial charge in [-0.3, -0.25) is 4.79 Å². The quantitative estimate of drug-likeness (QED) is 0.720. The second kappa shape index (κ2) is 5.55. The van der Waals surface area contributed by atoms with Crippen LogP contribution < -0.4 is 10.6 Å². The highest BCUT2D eigenvalue weighted by Gasteiger charge is 2.01. The molecule has 0 saturated carbocycles. The van der Waals surface area contributed by atoms with Crippen molar-refractivity contribution in [2.24, 2.45) is 0 Å². The van der Waals surface area contributed by atoms with Crippen LogP contribution in [-0.4, -0.2) is 17.1 Å². The molecule has 0 radical (unpaired) electrons. The van der Waals surface area contributed by atoms with Gasteiger partial charge in [0.2, 0.25) is 0 Å². The third kappa shape index (κ3) is 3.83. The van der Waals surface area contributed by atoms with Crippen molar-refractivity contribution in [1.29, 1.82) is 0 Å². The lowest BCUT2D eigenvalue weighted by atomic mass is 10.1. The molecule has 1 rings (SSSR count). The molecule has 0 bridgehead atoms. The van der Waals surface area contributed by atoms with E-state index in [9.17, 15) is 9.59 Å². The SMILES string of the molecule is C=CNC(=O)Nc1ccc(CC(=O)O)cc1. The molecule has 0 heterocycles. The van der Waals surface area contributed by atoms with Gasteiger partial charge in [-0.25, -0.2) is 4.79 Å². The van der Waals surface area contributed by atoms with E-state index in [1.165, 1.54) is 6.20 Å². The Morgan fingerprint density at radius 3 is 2.44 bits per heavy atom. The zero-order valence-corrected chi connectivity index (χ0v) is 8.56. The Labute approximate surface area is 92.8 Å². The van der Waals surface area contributed by atoms with Crippen LogP contribution in [0.1, 0.15) is 5.56 Å². The molecule has 0 spiro atoms. The lowest BCUT2D eigenvalue weighted by Crippen LogP contribution is -2.23. The number of rotatable bonds is 4. The third-order valence-electron chi connectivity index (χ3n) is 1.80. The first kappa shape index (κ1) is 11.8. The molecule has 0 aliphatic carbocycles. The van der Waals surface area contributed by atoms with Crippen molar-refractivity contribution in [2.45, 2.75) is 6.42 Å². The lowest BCUT2D eigenvalue weighted by Gasteiger charge is -2.04. The summed E-state index contributed by atoms with van der Waals surface area (Å²) in [6.45, 7) is 3.35. The Kier molecular flexibility index (Phi) is 4.08. The molecule has 0 unspecified atom stereocenters. The zero-order valence-electron chi connectivity index (χ0n) is 8.56. The molecule has 5 nitrogen and oxygen atoms in total. The number of carboxylic acid groups (broad SMARTS) is 1. The summed E-state index contributed by atoms with van der Waals surface area (Å²) in [6, 6.07) is 6.19. The molecule has 0 aromatic heterocycles. The predicted octanol–water partition coefficient (Wildman–Crippen LogP) is 1.58. The number of amides is 2. The van der Waals surface area contributed by atoms with E-state index in [1.54, 1.807) is 24.3 Å². The molecule has 3 N–H and O–H groups in total. The van der Waals surface area contributed by atoms with E-state index in [-0.39, 0.29) is 12.5 Å². The molecule has 84 valence electrons.